The van der Waals surface area contributed by atoms with E-state index in [0.29, 0.717) is 6.42 Å². The van der Waals surface area contributed by atoms with Crippen molar-refractivity contribution in [2.75, 3.05) is 0 Å². The van der Waals surface area contributed by atoms with Crippen LogP contribution in [0.1, 0.15) is 17.2 Å². The van der Waals surface area contributed by atoms with Crippen LogP contribution in [0.3, 0.4) is 0 Å². The van der Waals surface area contributed by atoms with E-state index in [0.717, 1.165) is 15.6 Å². The van der Waals surface area contributed by atoms with Crippen molar-refractivity contribution in [3.05, 3.63) is 69.9 Å². The third-order valence-electron chi connectivity index (χ3n) is 2.65. The van der Waals surface area contributed by atoms with Gasteiger partial charge in [0.1, 0.15) is 5.82 Å². The first-order valence-electron chi connectivity index (χ1n) is 5.40. The molecule has 3 heteroatoms. The lowest BCUT2D eigenvalue weighted by atomic mass is 10.00. The van der Waals surface area contributed by atoms with Gasteiger partial charge in [-0.25, -0.2) is 4.39 Å². The van der Waals surface area contributed by atoms with Crippen molar-refractivity contribution < 1.29 is 4.39 Å². The Bertz CT molecular complexity index is 496. The number of hydrogen-bond donors (Lipinski definition) is 1. The molecule has 0 heterocycles. The van der Waals surface area contributed by atoms with Crippen molar-refractivity contribution in [2.45, 2.75) is 12.5 Å². The molecule has 2 N–H and O–H groups in total. The van der Waals surface area contributed by atoms with Gasteiger partial charge in [-0.15, -0.1) is 0 Å². The molecule has 2 aromatic rings. The lowest BCUT2D eigenvalue weighted by Gasteiger charge is -2.12. The second-order valence-electron chi connectivity index (χ2n) is 3.99. The molecule has 0 bridgehead atoms. The summed E-state index contributed by atoms with van der Waals surface area (Å²) in [6.07, 6.45) is 0.705. The van der Waals surface area contributed by atoms with Gasteiger partial charge in [0.25, 0.3) is 0 Å². The quantitative estimate of drug-likeness (QED) is 0.914. The van der Waals surface area contributed by atoms with E-state index in [1.807, 2.05) is 30.3 Å². The van der Waals surface area contributed by atoms with Crippen LogP contribution in [0.4, 0.5) is 4.39 Å². The molecule has 2 aromatic carbocycles. The molecule has 1 nitrogen and oxygen atoms in total. The summed E-state index contributed by atoms with van der Waals surface area (Å²) >= 11 is 3.39. The Morgan fingerprint density at radius 3 is 2.47 bits per heavy atom. The predicted octanol–water partition coefficient (Wildman–Crippen LogP) is 3.83. The Balaban J connectivity index is 2.11. The molecular formula is C14H13BrFN. The molecule has 17 heavy (non-hydrogen) atoms. The molecule has 0 aromatic heterocycles. The molecule has 0 spiro atoms. The van der Waals surface area contributed by atoms with Gasteiger partial charge in [-0.1, -0.05) is 40.2 Å². The first-order chi connectivity index (χ1) is 8.15. The minimum absolute atomic E-state index is 0.174. The van der Waals surface area contributed by atoms with Crippen LogP contribution in [0.2, 0.25) is 0 Å². The maximum absolute atomic E-state index is 13.1. The van der Waals surface area contributed by atoms with Crippen LogP contribution < -0.4 is 5.73 Å². The normalized spacial score (nSPS) is 12.4. The summed E-state index contributed by atoms with van der Waals surface area (Å²) < 4.78 is 14.1. The van der Waals surface area contributed by atoms with Crippen molar-refractivity contribution in [3.8, 4) is 0 Å². The molecule has 0 radical (unpaired) electrons. The first-order valence-corrected chi connectivity index (χ1v) is 6.20. The average molecular weight is 294 g/mol. The van der Waals surface area contributed by atoms with Crippen LogP contribution in [0.15, 0.2) is 53.0 Å². The van der Waals surface area contributed by atoms with Crippen LogP contribution in [0.25, 0.3) is 0 Å². The van der Waals surface area contributed by atoms with Gasteiger partial charge in [-0.2, -0.15) is 0 Å². The highest BCUT2D eigenvalue weighted by Crippen LogP contribution is 2.18. The van der Waals surface area contributed by atoms with E-state index in [-0.39, 0.29) is 11.9 Å². The number of rotatable bonds is 3. The van der Waals surface area contributed by atoms with Gasteiger partial charge < -0.3 is 5.73 Å². The summed E-state index contributed by atoms with van der Waals surface area (Å²) in [6, 6.07) is 14.3. The summed E-state index contributed by atoms with van der Waals surface area (Å²) in [7, 11) is 0. The van der Waals surface area contributed by atoms with Crippen molar-refractivity contribution >= 4 is 15.9 Å². The summed E-state index contributed by atoms with van der Waals surface area (Å²) in [5, 5.41) is 0. The van der Waals surface area contributed by atoms with E-state index in [2.05, 4.69) is 15.9 Å². The van der Waals surface area contributed by atoms with E-state index in [1.54, 1.807) is 6.07 Å². The zero-order valence-corrected chi connectivity index (χ0v) is 10.8. The zero-order chi connectivity index (χ0) is 12.3. The van der Waals surface area contributed by atoms with E-state index >= 15 is 0 Å². The van der Waals surface area contributed by atoms with E-state index in [1.165, 1.54) is 12.1 Å². The van der Waals surface area contributed by atoms with Crippen molar-refractivity contribution in [1.82, 2.24) is 0 Å². The lowest BCUT2D eigenvalue weighted by Crippen LogP contribution is -2.13. The first kappa shape index (κ1) is 12.3. The molecule has 2 rings (SSSR count). The number of hydrogen-bond acceptors (Lipinski definition) is 1. The maximum atomic E-state index is 13.1. The number of nitrogens with two attached hydrogens (primary N) is 1. The molecule has 1 unspecified atom stereocenters. The minimum atomic E-state index is -0.242. The molecule has 88 valence electrons. The molecular weight excluding hydrogens is 281 g/mol. The second-order valence-corrected chi connectivity index (χ2v) is 4.91. The van der Waals surface area contributed by atoms with Gasteiger partial charge in [0, 0.05) is 10.5 Å². The summed E-state index contributed by atoms with van der Waals surface area (Å²) in [5.74, 6) is -0.242. The lowest BCUT2D eigenvalue weighted by molar-refractivity contribution is 0.618. The minimum Gasteiger partial charge on any atom is -0.324 e. The molecule has 0 aliphatic carbocycles. The number of benzene rings is 2. The van der Waals surface area contributed by atoms with Gasteiger partial charge >= 0.3 is 0 Å². The van der Waals surface area contributed by atoms with Crippen LogP contribution >= 0.6 is 15.9 Å². The highest BCUT2D eigenvalue weighted by Gasteiger charge is 2.07. The van der Waals surface area contributed by atoms with Crippen molar-refractivity contribution in [2.24, 2.45) is 5.73 Å². The van der Waals surface area contributed by atoms with Gasteiger partial charge in [-0.05, 0) is 41.8 Å². The molecule has 0 aliphatic rings. The molecule has 0 amide bonds. The van der Waals surface area contributed by atoms with Crippen molar-refractivity contribution in [1.29, 1.82) is 0 Å². The molecule has 0 aliphatic heterocycles. The third kappa shape index (κ3) is 3.38. The Morgan fingerprint density at radius 2 is 1.82 bits per heavy atom. The molecule has 0 saturated carbocycles. The molecule has 0 fully saturated rings. The van der Waals surface area contributed by atoms with Gasteiger partial charge in [-0.3, -0.25) is 0 Å². The Labute approximate surface area is 109 Å². The second kappa shape index (κ2) is 5.43. The number of halogens is 2. The standard InChI is InChI=1S/C14H13BrFN/c15-12-6-4-10(5-7-12)8-14(17)11-2-1-3-13(16)9-11/h1-7,9,14H,8,17H2. The smallest absolute Gasteiger partial charge is 0.123 e. The third-order valence-corrected chi connectivity index (χ3v) is 3.17. The average Bonchev–Trinajstić information content (AvgIpc) is 2.32. The fourth-order valence-corrected chi connectivity index (χ4v) is 1.99. The van der Waals surface area contributed by atoms with E-state index in [9.17, 15) is 4.39 Å². The topological polar surface area (TPSA) is 26.0 Å². The highest BCUT2D eigenvalue weighted by atomic mass is 79.9. The predicted molar refractivity (Wildman–Crippen MR) is 71.2 cm³/mol. The Hall–Kier alpha value is -1.19. The monoisotopic (exact) mass is 293 g/mol. The fraction of sp³-hybridized carbons (Fsp3) is 0.143. The fourth-order valence-electron chi connectivity index (χ4n) is 1.73. The van der Waals surface area contributed by atoms with Crippen LogP contribution in [0.5, 0.6) is 0 Å². The van der Waals surface area contributed by atoms with Gasteiger partial charge in [0.2, 0.25) is 0 Å². The largest absolute Gasteiger partial charge is 0.324 e. The molecule has 1 atom stereocenters. The Morgan fingerprint density at radius 1 is 1.12 bits per heavy atom. The van der Waals surface area contributed by atoms with E-state index < -0.39 is 0 Å². The zero-order valence-electron chi connectivity index (χ0n) is 9.24. The Kier molecular flexibility index (Phi) is 3.92. The maximum Gasteiger partial charge on any atom is 0.123 e. The van der Waals surface area contributed by atoms with E-state index in [4.69, 9.17) is 5.73 Å². The highest BCUT2D eigenvalue weighted by molar-refractivity contribution is 9.10. The van der Waals surface area contributed by atoms with Crippen LogP contribution in [-0.4, -0.2) is 0 Å². The summed E-state index contributed by atoms with van der Waals surface area (Å²) in [5.41, 5.74) is 8.03. The summed E-state index contributed by atoms with van der Waals surface area (Å²) in [4.78, 5) is 0. The summed E-state index contributed by atoms with van der Waals surface area (Å²) in [6.45, 7) is 0. The van der Waals surface area contributed by atoms with Crippen molar-refractivity contribution in [3.63, 3.8) is 0 Å². The van der Waals surface area contributed by atoms with Gasteiger partial charge in [0.05, 0.1) is 0 Å². The van der Waals surface area contributed by atoms with Gasteiger partial charge in [0.15, 0.2) is 0 Å². The molecule has 0 saturated heterocycles. The SMILES string of the molecule is NC(Cc1ccc(Br)cc1)c1cccc(F)c1. The van der Waals surface area contributed by atoms with Crippen LogP contribution in [-0.2, 0) is 6.42 Å². The van der Waals surface area contributed by atoms with Crippen LogP contribution in [0, 0.1) is 5.82 Å².